The lowest BCUT2D eigenvalue weighted by atomic mass is 9.81. The monoisotopic (exact) mass is 358 g/mol. The maximum absolute atomic E-state index is 12.7. The summed E-state index contributed by atoms with van der Waals surface area (Å²) in [7, 11) is 0. The van der Waals surface area contributed by atoms with Crippen LogP contribution in [-0.2, 0) is 4.79 Å². The minimum atomic E-state index is -0.684. The van der Waals surface area contributed by atoms with Crippen LogP contribution >= 0.6 is 12.4 Å². The largest absolute Gasteiger partial charge is 0.354 e. The Morgan fingerprint density at radius 1 is 0.920 bits per heavy atom. The van der Waals surface area contributed by atoms with Gasteiger partial charge in [-0.1, -0.05) is 79.9 Å². The van der Waals surface area contributed by atoms with E-state index < -0.39 is 5.54 Å². The Labute approximate surface area is 156 Å². The molecule has 0 unspecified atom stereocenters. The van der Waals surface area contributed by atoms with E-state index in [1.807, 2.05) is 36.4 Å². The van der Waals surface area contributed by atoms with Gasteiger partial charge in [0.05, 0.1) is 5.54 Å². The van der Waals surface area contributed by atoms with Crippen LogP contribution in [0.15, 0.2) is 60.7 Å². The molecule has 1 saturated carbocycles. The van der Waals surface area contributed by atoms with Crippen LogP contribution < -0.4 is 11.1 Å². The summed E-state index contributed by atoms with van der Waals surface area (Å²) in [6.07, 6.45) is 4.86. The van der Waals surface area contributed by atoms with Crippen molar-refractivity contribution in [2.75, 3.05) is 6.54 Å². The summed E-state index contributed by atoms with van der Waals surface area (Å²) >= 11 is 0. The number of benzene rings is 2. The second-order valence-corrected chi connectivity index (χ2v) is 6.80. The number of carbonyl (C=O) groups is 1. The van der Waals surface area contributed by atoms with E-state index in [0.29, 0.717) is 6.54 Å². The van der Waals surface area contributed by atoms with Crippen molar-refractivity contribution >= 4 is 18.3 Å². The third kappa shape index (κ3) is 4.83. The van der Waals surface area contributed by atoms with Crippen molar-refractivity contribution in [1.29, 1.82) is 0 Å². The molecule has 0 saturated heterocycles. The van der Waals surface area contributed by atoms with Gasteiger partial charge in [0.1, 0.15) is 0 Å². The number of hydrogen-bond acceptors (Lipinski definition) is 2. The molecule has 4 heteroatoms. The first-order valence-electron chi connectivity index (χ1n) is 8.86. The number of nitrogens with two attached hydrogens (primary N) is 1. The summed E-state index contributed by atoms with van der Waals surface area (Å²) in [6, 6.07) is 20.6. The third-order valence-corrected chi connectivity index (χ3v) is 5.07. The molecule has 0 atom stereocenters. The molecule has 1 aliphatic carbocycles. The molecule has 3 rings (SSSR count). The number of amides is 1. The van der Waals surface area contributed by atoms with E-state index >= 15 is 0 Å². The molecule has 2 aromatic rings. The Morgan fingerprint density at radius 2 is 1.40 bits per heavy atom. The number of halogens is 1. The van der Waals surface area contributed by atoms with E-state index in [2.05, 4.69) is 29.6 Å². The predicted octanol–water partition coefficient (Wildman–Crippen LogP) is 4.02. The van der Waals surface area contributed by atoms with Gasteiger partial charge in [-0.25, -0.2) is 0 Å². The highest BCUT2D eigenvalue weighted by Gasteiger charge is 2.35. The minimum Gasteiger partial charge on any atom is -0.354 e. The zero-order valence-corrected chi connectivity index (χ0v) is 15.3. The van der Waals surface area contributed by atoms with Gasteiger partial charge in [-0.2, -0.15) is 0 Å². The van der Waals surface area contributed by atoms with Crippen LogP contribution in [0.1, 0.15) is 49.1 Å². The summed E-state index contributed by atoms with van der Waals surface area (Å²) in [6.45, 7) is 0.575. The SMILES string of the molecule is Cl.NC1(C(=O)NCC(c2ccccc2)c2ccccc2)CCCCC1. The Kier molecular flexibility index (Phi) is 7.03. The summed E-state index contributed by atoms with van der Waals surface area (Å²) in [4.78, 5) is 12.7. The lowest BCUT2D eigenvalue weighted by Crippen LogP contribution is -2.55. The highest BCUT2D eigenvalue weighted by molar-refractivity contribution is 5.86. The van der Waals surface area contributed by atoms with Gasteiger partial charge in [-0.15, -0.1) is 12.4 Å². The number of rotatable bonds is 5. The summed E-state index contributed by atoms with van der Waals surface area (Å²) in [5.41, 5.74) is 8.08. The van der Waals surface area contributed by atoms with Gasteiger partial charge in [-0.3, -0.25) is 4.79 Å². The molecule has 0 radical (unpaired) electrons. The van der Waals surface area contributed by atoms with E-state index in [1.165, 1.54) is 17.5 Å². The van der Waals surface area contributed by atoms with Crippen molar-refractivity contribution in [3.05, 3.63) is 71.8 Å². The molecule has 2 aromatic carbocycles. The molecule has 3 nitrogen and oxygen atoms in total. The Morgan fingerprint density at radius 3 is 1.88 bits per heavy atom. The first-order chi connectivity index (χ1) is 11.7. The van der Waals surface area contributed by atoms with Crippen LogP contribution in [0.2, 0.25) is 0 Å². The van der Waals surface area contributed by atoms with Gasteiger partial charge in [0.2, 0.25) is 5.91 Å². The van der Waals surface area contributed by atoms with Crippen LogP contribution in [0, 0.1) is 0 Å². The van der Waals surface area contributed by atoms with Crippen molar-refractivity contribution in [3.63, 3.8) is 0 Å². The van der Waals surface area contributed by atoms with Crippen molar-refractivity contribution in [2.45, 2.75) is 43.6 Å². The van der Waals surface area contributed by atoms with Gasteiger partial charge < -0.3 is 11.1 Å². The second kappa shape index (κ2) is 9.02. The van der Waals surface area contributed by atoms with Crippen molar-refractivity contribution in [3.8, 4) is 0 Å². The fourth-order valence-corrected chi connectivity index (χ4v) is 3.58. The molecule has 0 heterocycles. The molecule has 134 valence electrons. The zero-order chi connectivity index (χ0) is 16.8. The van der Waals surface area contributed by atoms with Crippen molar-refractivity contribution in [2.24, 2.45) is 5.73 Å². The predicted molar refractivity (Wildman–Crippen MR) is 105 cm³/mol. The smallest absolute Gasteiger partial charge is 0.240 e. The maximum Gasteiger partial charge on any atom is 0.240 e. The second-order valence-electron chi connectivity index (χ2n) is 6.80. The lowest BCUT2D eigenvalue weighted by Gasteiger charge is -2.32. The Hall–Kier alpha value is -1.84. The highest BCUT2D eigenvalue weighted by Crippen LogP contribution is 2.27. The van der Waals surface area contributed by atoms with Crippen LogP contribution in [0.3, 0.4) is 0 Å². The number of hydrogen-bond donors (Lipinski definition) is 2. The molecule has 0 bridgehead atoms. The van der Waals surface area contributed by atoms with Gasteiger partial charge in [0.25, 0.3) is 0 Å². The molecule has 1 aliphatic rings. The molecule has 0 aliphatic heterocycles. The first kappa shape index (κ1) is 19.5. The normalized spacial score (nSPS) is 16.1. The quantitative estimate of drug-likeness (QED) is 0.848. The summed E-state index contributed by atoms with van der Waals surface area (Å²) < 4.78 is 0. The lowest BCUT2D eigenvalue weighted by molar-refractivity contribution is -0.127. The van der Waals surface area contributed by atoms with E-state index in [4.69, 9.17) is 5.73 Å². The fourth-order valence-electron chi connectivity index (χ4n) is 3.58. The number of nitrogens with one attached hydrogen (secondary N) is 1. The molecule has 0 aromatic heterocycles. The Balaban J connectivity index is 0.00000225. The molecular weight excluding hydrogens is 332 g/mol. The van der Waals surface area contributed by atoms with Crippen LogP contribution in [0.25, 0.3) is 0 Å². The molecule has 25 heavy (non-hydrogen) atoms. The van der Waals surface area contributed by atoms with Gasteiger partial charge in [-0.05, 0) is 24.0 Å². The van der Waals surface area contributed by atoms with E-state index in [1.54, 1.807) is 0 Å². The molecular formula is C21H27ClN2O. The number of carbonyl (C=O) groups excluding carboxylic acids is 1. The van der Waals surface area contributed by atoms with E-state index in [-0.39, 0.29) is 24.2 Å². The van der Waals surface area contributed by atoms with E-state index in [9.17, 15) is 4.79 Å². The average molecular weight is 359 g/mol. The zero-order valence-electron chi connectivity index (χ0n) is 14.5. The van der Waals surface area contributed by atoms with Crippen LogP contribution in [-0.4, -0.2) is 18.0 Å². The van der Waals surface area contributed by atoms with Gasteiger partial charge >= 0.3 is 0 Å². The summed E-state index contributed by atoms with van der Waals surface area (Å²) in [5.74, 6) is 0.141. The third-order valence-electron chi connectivity index (χ3n) is 5.07. The van der Waals surface area contributed by atoms with Crippen molar-refractivity contribution in [1.82, 2.24) is 5.32 Å². The maximum atomic E-state index is 12.7. The van der Waals surface area contributed by atoms with Gasteiger partial charge in [0.15, 0.2) is 0 Å². The van der Waals surface area contributed by atoms with E-state index in [0.717, 1.165) is 25.7 Å². The molecule has 0 spiro atoms. The first-order valence-corrected chi connectivity index (χ1v) is 8.86. The Bertz CT molecular complexity index is 615. The topological polar surface area (TPSA) is 55.1 Å². The minimum absolute atomic E-state index is 0. The standard InChI is InChI=1S/C21H26N2O.ClH/c22-21(14-8-3-9-15-21)20(24)23-16-19(17-10-4-1-5-11-17)18-12-6-2-7-13-18;/h1-2,4-7,10-13,19H,3,8-9,14-16,22H2,(H,23,24);1H. The molecule has 3 N–H and O–H groups in total. The van der Waals surface area contributed by atoms with Gasteiger partial charge in [0, 0.05) is 12.5 Å². The van der Waals surface area contributed by atoms with Crippen molar-refractivity contribution < 1.29 is 4.79 Å². The average Bonchev–Trinajstić information content (AvgIpc) is 2.64. The van der Waals surface area contributed by atoms with Crippen LogP contribution in [0.5, 0.6) is 0 Å². The van der Waals surface area contributed by atoms with Crippen LogP contribution in [0.4, 0.5) is 0 Å². The highest BCUT2D eigenvalue weighted by atomic mass is 35.5. The molecule has 1 fully saturated rings. The summed E-state index contributed by atoms with van der Waals surface area (Å²) in [5, 5.41) is 3.13. The fraction of sp³-hybridized carbons (Fsp3) is 0.381. The molecule has 1 amide bonds.